The molecule has 1 aliphatic heterocycles. The van der Waals surface area contributed by atoms with E-state index in [1.165, 1.54) is 4.90 Å². The quantitative estimate of drug-likeness (QED) is 0.485. The van der Waals surface area contributed by atoms with E-state index in [0.29, 0.717) is 0 Å². The van der Waals surface area contributed by atoms with Gasteiger partial charge in [0.05, 0.1) is 0 Å². The van der Waals surface area contributed by atoms with Gasteiger partial charge >= 0.3 is 0 Å². The van der Waals surface area contributed by atoms with E-state index >= 15 is 0 Å². The fourth-order valence-electron chi connectivity index (χ4n) is 1.37. The topological polar surface area (TPSA) is 20.3 Å². The number of aldehydes is 1. The molecule has 12 heavy (non-hydrogen) atoms. The van der Waals surface area contributed by atoms with Gasteiger partial charge in [0.2, 0.25) is 0 Å². The van der Waals surface area contributed by atoms with Gasteiger partial charge in [-0.3, -0.25) is 0 Å². The highest BCUT2D eigenvalue weighted by Gasteiger charge is 2.27. The number of carbonyl (C=O) groups excluding carboxylic acids is 1. The normalized spacial score (nSPS) is 22.2. The number of benzene rings is 1. The van der Waals surface area contributed by atoms with Crippen LogP contribution in [0.15, 0.2) is 29.2 Å². The standard InChI is InChI=1S/C9H9NOS/c1-10-8(6-11)7-4-2-3-5-9(7)12-10/h2-6,8H,1H3. The lowest BCUT2D eigenvalue weighted by molar-refractivity contribution is -0.110. The second-order valence-corrected chi connectivity index (χ2v) is 3.95. The largest absolute Gasteiger partial charge is 0.301 e. The Bertz CT molecular complexity index is 313. The molecule has 2 rings (SSSR count). The molecule has 1 aromatic rings. The predicted octanol–water partition coefficient (Wildman–Crippen LogP) is 1.88. The van der Waals surface area contributed by atoms with E-state index in [0.717, 1.165) is 11.8 Å². The smallest absolute Gasteiger partial charge is 0.142 e. The van der Waals surface area contributed by atoms with Gasteiger partial charge in [0.1, 0.15) is 12.3 Å². The lowest BCUT2D eigenvalue weighted by Crippen LogP contribution is -2.12. The minimum absolute atomic E-state index is 0.0637. The van der Waals surface area contributed by atoms with E-state index in [9.17, 15) is 4.79 Å². The van der Waals surface area contributed by atoms with Crippen LogP contribution >= 0.6 is 11.9 Å². The Morgan fingerprint density at radius 3 is 3.00 bits per heavy atom. The third-order valence-electron chi connectivity index (χ3n) is 2.00. The summed E-state index contributed by atoms with van der Waals surface area (Å²) < 4.78 is 1.97. The van der Waals surface area contributed by atoms with Crippen LogP contribution in [0, 0.1) is 0 Å². The van der Waals surface area contributed by atoms with Crippen LogP contribution in [0.5, 0.6) is 0 Å². The molecule has 0 fully saturated rings. The van der Waals surface area contributed by atoms with Crippen LogP contribution < -0.4 is 0 Å². The molecule has 1 aliphatic rings. The van der Waals surface area contributed by atoms with Gasteiger partial charge in [-0.25, -0.2) is 4.31 Å². The van der Waals surface area contributed by atoms with Crippen LogP contribution in [0.3, 0.4) is 0 Å². The van der Waals surface area contributed by atoms with Crippen LogP contribution in [-0.4, -0.2) is 17.6 Å². The molecule has 0 saturated carbocycles. The molecule has 3 heteroatoms. The number of hydrogen-bond acceptors (Lipinski definition) is 3. The maximum atomic E-state index is 10.7. The fraction of sp³-hybridized carbons (Fsp3) is 0.222. The zero-order valence-corrected chi connectivity index (χ0v) is 7.54. The van der Waals surface area contributed by atoms with E-state index < -0.39 is 0 Å². The maximum absolute atomic E-state index is 10.7. The summed E-state index contributed by atoms with van der Waals surface area (Å²) in [7, 11) is 1.93. The number of nitrogens with zero attached hydrogens (tertiary/aromatic N) is 1. The molecule has 0 aliphatic carbocycles. The summed E-state index contributed by atoms with van der Waals surface area (Å²) in [5.41, 5.74) is 1.13. The lowest BCUT2D eigenvalue weighted by Gasteiger charge is -2.10. The molecule has 0 radical (unpaired) electrons. The van der Waals surface area contributed by atoms with Crippen LogP contribution in [-0.2, 0) is 4.79 Å². The monoisotopic (exact) mass is 179 g/mol. The third kappa shape index (κ3) is 1.06. The first-order chi connectivity index (χ1) is 5.83. The van der Waals surface area contributed by atoms with E-state index in [1.807, 2.05) is 35.6 Å². The number of carbonyl (C=O) groups is 1. The molecule has 2 nitrogen and oxygen atoms in total. The SMILES string of the molecule is CN1Sc2ccccc2C1C=O. The van der Waals surface area contributed by atoms with Crippen LogP contribution in [0.4, 0.5) is 0 Å². The van der Waals surface area contributed by atoms with Crippen molar-refractivity contribution in [2.45, 2.75) is 10.9 Å². The second-order valence-electron chi connectivity index (χ2n) is 2.76. The molecule has 0 spiro atoms. The molecule has 62 valence electrons. The summed E-state index contributed by atoms with van der Waals surface area (Å²) in [6.45, 7) is 0. The summed E-state index contributed by atoms with van der Waals surface area (Å²) in [4.78, 5) is 11.9. The molecule has 1 unspecified atom stereocenters. The Balaban J connectivity index is 2.47. The highest BCUT2D eigenvalue weighted by atomic mass is 32.2. The van der Waals surface area contributed by atoms with Crippen molar-refractivity contribution in [1.82, 2.24) is 4.31 Å². The van der Waals surface area contributed by atoms with Gasteiger partial charge in [-0.2, -0.15) is 0 Å². The van der Waals surface area contributed by atoms with Gasteiger partial charge in [0, 0.05) is 4.90 Å². The number of rotatable bonds is 1. The summed E-state index contributed by atoms with van der Waals surface area (Å²) in [6, 6.07) is 7.94. The van der Waals surface area contributed by atoms with Crippen molar-refractivity contribution in [3.05, 3.63) is 29.8 Å². The maximum Gasteiger partial charge on any atom is 0.142 e. The van der Waals surface area contributed by atoms with Gasteiger partial charge in [-0.1, -0.05) is 18.2 Å². The first-order valence-corrected chi connectivity index (χ1v) is 4.55. The van der Waals surface area contributed by atoms with Gasteiger partial charge in [0.25, 0.3) is 0 Å². The average molecular weight is 179 g/mol. The van der Waals surface area contributed by atoms with E-state index in [-0.39, 0.29) is 6.04 Å². The Labute approximate surface area is 75.7 Å². The minimum atomic E-state index is -0.0637. The third-order valence-corrected chi connectivity index (χ3v) is 3.08. The van der Waals surface area contributed by atoms with E-state index in [4.69, 9.17) is 0 Å². The number of hydrogen-bond donors (Lipinski definition) is 0. The van der Waals surface area contributed by atoms with Crippen molar-refractivity contribution in [3.8, 4) is 0 Å². The van der Waals surface area contributed by atoms with Crippen LogP contribution in [0.2, 0.25) is 0 Å². The number of fused-ring (bicyclic) bond motifs is 1. The number of likely N-dealkylation sites (N-methyl/N-ethyl adjacent to an activating group) is 1. The minimum Gasteiger partial charge on any atom is -0.301 e. The molecule has 1 atom stereocenters. The molecular weight excluding hydrogens is 170 g/mol. The van der Waals surface area contributed by atoms with Crippen molar-refractivity contribution in [2.75, 3.05) is 7.05 Å². The van der Waals surface area contributed by atoms with Crippen molar-refractivity contribution in [3.63, 3.8) is 0 Å². The first-order valence-electron chi connectivity index (χ1n) is 3.78. The van der Waals surface area contributed by atoms with Crippen LogP contribution in [0.25, 0.3) is 0 Å². The average Bonchev–Trinajstić information content (AvgIpc) is 2.40. The molecule has 1 aromatic carbocycles. The highest BCUT2D eigenvalue weighted by molar-refractivity contribution is 7.97. The van der Waals surface area contributed by atoms with Crippen molar-refractivity contribution in [2.24, 2.45) is 0 Å². The fourth-order valence-corrected chi connectivity index (χ4v) is 2.40. The highest BCUT2D eigenvalue weighted by Crippen LogP contribution is 2.41. The zero-order valence-electron chi connectivity index (χ0n) is 6.73. The van der Waals surface area contributed by atoms with E-state index in [1.54, 1.807) is 11.9 Å². The Hall–Kier alpha value is -0.800. The molecule has 0 saturated heterocycles. The van der Waals surface area contributed by atoms with Gasteiger partial charge in [-0.15, -0.1) is 0 Å². The molecule has 1 heterocycles. The molecule has 0 amide bonds. The Morgan fingerprint density at radius 2 is 2.25 bits per heavy atom. The van der Waals surface area contributed by atoms with Crippen molar-refractivity contribution >= 4 is 18.2 Å². The molecular formula is C9H9NOS. The zero-order chi connectivity index (χ0) is 8.55. The van der Waals surface area contributed by atoms with Gasteiger partial charge in [0.15, 0.2) is 0 Å². The lowest BCUT2D eigenvalue weighted by atomic mass is 10.1. The Morgan fingerprint density at radius 1 is 1.50 bits per heavy atom. The molecule has 0 N–H and O–H groups in total. The van der Waals surface area contributed by atoms with Crippen molar-refractivity contribution in [1.29, 1.82) is 0 Å². The van der Waals surface area contributed by atoms with Crippen molar-refractivity contribution < 1.29 is 4.79 Å². The summed E-state index contributed by atoms with van der Waals surface area (Å²) in [6.07, 6.45) is 0.985. The summed E-state index contributed by atoms with van der Waals surface area (Å²) in [5, 5.41) is 0. The van der Waals surface area contributed by atoms with Gasteiger partial charge < -0.3 is 4.79 Å². The Kier molecular flexibility index (Phi) is 1.90. The second kappa shape index (κ2) is 2.92. The van der Waals surface area contributed by atoms with Gasteiger partial charge in [-0.05, 0) is 30.6 Å². The van der Waals surface area contributed by atoms with Crippen LogP contribution in [0.1, 0.15) is 11.6 Å². The summed E-state index contributed by atoms with van der Waals surface area (Å²) >= 11 is 1.63. The molecule has 0 bridgehead atoms. The predicted molar refractivity (Wildman–Crippen MR) is 48.9 cm³/mol. The summed E-state index contributed by atoms with van der Waals surface area (Å²) in [5.74, 6) is 0. The van der Waals surface area contributed by atoms with E-state index in [2.05, 4.69) is 0 Å². The molecule has 0 aromatic heterocycles. The first kappa shape index (κ1) is 7.83.